The van der Waals surface area contributed by atoms with Crippen molar-refractivity contribution in [3.05, 3.63) is 29.3 Å². The maximum atomic E-state index is 11.3. The summed E-state index contributed by atoms with van der Waals surface area (Å²) in [5.74, 6) is 1.51. The Kier molecular flexibility index (Phi) is 5.20. The average molecular weight is 249 g/mol. The van der Waals surface area contributed by atoms with Crippen molar-refractivity contribution in [3.63, 3.8) is 0 Å². The highest BCUT2D eigenvalue weighted by Gasteiger charge is 2.15. The summed E-state index contributed by atoms with van der Waals surface area (Å²) in [6.45, 7) is 8.59. The SMILES string of the molecule is CNC(=O)COc1c(C(C)C)cccc1C(C)C. The minimum absolute atomic E-state index is 0.0694. The minimum Gasteiger partial charge on any atom is -0.483 e. The molecule has 0 saturated carbocycles. The number of amides is 1. The lowest BCUT2D eigenvalue weighted by Gasteiger charge is -2.19. The number of hydrogen-bond donors (Lipinski definition) is 1. The molecule has 3 nitrogen and oxygen atoms in total. The highest BCUT2D eigenvalue weighted by atomic mass is 16.5. The molecule has 0 spiro atoms. The van der Waals surface area contributed by atoms with E-state index >= 15 is 0 Å². The van der Waals surface area contributed by atoms with Crippen LogP contribution in [0.2, 0.25) is 0 Å². The van der Waals surface area contributed by atoms with Gasteiger partial charge in [-0.25, -0.2) is 0 Å². The van der Waals surface area contributed by atoms with Crippen LogP contribution >= 0.6 is 0 Å². The predicted octanol–water partition coefficient (Wildman–Crippen LogP) is 3.06. The topological polar surface area (TPSA) is 38.3 Å². The van der Waals surface area contributed by atoms with Gasteiger partial charge in [-0.05, 0) is 23.0 Å². The molecule has 0 saturated heterocycles. The summed E-state index contributed by atoms with van der Waals surface area (Å²) in [4.78, 5) is 11.3. The summed E-state index contributed by atoms with van der Waals surface area (Å²) in [6, 6.07) is 6.18. The van der Waals surface area contributed by atoms with E-state index in [0.29, 0.717) is 11.8 Å². The van der Waals surface area contributed by atoms with Gasteiger partial charge in [-0.2, -0.15) is 0 Å². The standard InChI is InChI=1S/C15H23NO2/c1-10(2)12-7-6-8-13(11(3)4)15(12)18-9-14(17)16-5/h6-8,10-11H,9H2,1-5H3,(H,16,17). The zero-order chi connectivity index (χ0) is 13.7. The normalized spacial score (nSPS) is 10.8. The smallest absolute Gasteiger partial charge is 0.257 e. The molecule has 1 rings (SSSR count). The van der Waals surface area contributed by atoms with Crippen LogP contribution in [-0.2, 0) is 4.79 Å². The lowest BCUT2D eigenvalue weighted by molar-refractivity contribution is -0.122. The molecule has 0 heterocycles. The molecule has 0 aliphatic carbocycles. The zero-order valence-electron chi connectivity index (χ0n) is 11.9. The first kappa shape index (κ1) is 14.6. The Morgan fingerprint density at radius 3 is 2.06 bits per heavy atom. The molecular weight excluding hydrogens is 226 g/mol. The molecule has 3 heteroatoms. The summed E-state index contributed by atoms with van der Waals surface area (Å²) < 4.78 is 5.73. The van der Waals surface area contributed by atoms with Crippen molar-refractivity contribution in [2.24, 2.45) is 0 Å². The number of carbonyl (C=O) groups excluding carboxylic acids is 1. The second-order valence-corrected chi connectivity index (χ2v) is 5.04. The van der Waals surface area contributed by atoms with E-state index in [4.69, 9.17) is 4.74 Å². The number of para-hydroxylation sites is 1. The summed E-state index contributed by atoms with van der Waals surface area (Å²) in [5, 5.41) is 2.57. The van der Waals surface area contributed by atoms with Gasteiger partial charge in [-0.1, -0.05) is 45.9 Å². The second-order valence-electron chi connectivity index (χ2n) is 5.04. The van der Waals surface area contributed by atoms with Crippen molar-refractivity contribution in [1.29, 1.82) is 0 Å². The van der Waals surface area contributed by atoms with Crippen LogP contribution in [0.25, 0.3) is 0 Å². The number of benzene rings is 1. The fraction of sp³-hybridized carbons (Fsp3) is 0.533. The van der Waals surface area contributed by atoms with Gasteiger partial charge in [0.2, 0.25) is 0 Å². The van der Waals surface area contributed by atoms with Gasteiger partial charge in [-0.15, -0.1) is 0 Å². The first-order valence-corrected chi connectivity index (χ1v) is 6.43. The maximum absolute atomic E-state index is 11.3. The molecule has 18 heavy (non-hydrogen) atoms. The summed E-state index contributed by atoms with van der Waals surface area (Å²) in [6.07, 6.45) is 0. The predicted molar refractivity (Wildman–Crippen MR) is 74.2 cm³/mol. The van der Waals surface area contributed by atoms with Crippen LogP contribution in [0.4, 0.5) is 0 Å². The van der Waals surface area contributed by atoms with Crippen LogP contribution < -0.4 is 10.1 Å². The Hall–Kier alpha value is -1.51. The molecule has 0 bridgehead atoms. The van der Waals surface area contributed by atoms with Gasteiger partial charge in [0.15, 0.2) is 6.61 Å². The molecule has 1 aromatic rings. The molecular formula is C15H23NO2. The molecule has 1 amide bonds. The van der Waals surface area contributed by atoms with Crippen LogP contribution in [0.1, 0.15) is 50.7 Å². The van der Waals surface area contributed by atoms with Crippen molar-refractivity contribution in [2.45, 2.75) is 39.5 Å². The molecule has 1 N–H and O–H groups in total. The van der Waals surface area contributed by atoms with E-state index in [1.807, 2.05) is 0 Å². The number of carbonyl (C=O) groups is 1. The number of rotatable bonds is 5. The van der Waals surface area contributed by atoms with Crippen LogP contribution in [0.3, 0.4) is 0 Å². The molecule has 0 aromatic heterocycles. The Balaban J connectivity index is 3.06. The van der Waals surface area contributed by atoms with Gasteiger partial charge < -0.3 is 10.1 Å². The van der Waals surface area contributed by atoms with E-state index < -0.39 is 0 Å². The average Bonchev–Trinajstić information content (AvgIpc) is 2.34. The van der Waals surface area contributed by atoms with Crippen molar-refractivity contribution in [3.8, 4) is 5.75 Å². The number of hydrogen-bond acceptors (Lipinski definition) is 2. The third-order valence-electron chi connectivity index (χ3n) is 2.95. The van der Waals surface area contributed by atoms with Crippen LogP contribution in [0, 0.1) is 0 Å². The van der Waals surface area contributed by atoms with E-state index in [-0.39, 0.29) is 12.5 Å². The molecule has 0 aliphatic heterocycles. The van der Waals surface area contributed by atoms with Crippen molar-refractivity contribution in [2.75, 3.05) is 13.7 Å². The van der Waals surface area contributed by atoms with Crippen molar-refractivity contribution < 1.29 is 9.53 Å². The van der Waals surface area contributed by atoms with E-state index in [2.05, 4.69) is 51.2 Å². The molecule has 0 atom stereocenters. The molecule has 100 valence electrons. The Labute approximate surface area is 110 Å². The van der Waals surface area contributed by atoms with Gasteiger partial charge in [0.1, 0.15) is 5.75 Å². The van der Waals surface area contributed by atoms with Crippen LogP contribution in [-0.4, -0.2) is 19.6 Å². The summed E-state index contributed by atoms with van der Waals surface area (Å²) in [7, 11) is 1.61. The van der Waals surface area contributed by atoms with E-state index in [9.17, 15) is 4.79 Å². The Bertz CT molecular complexity index is 385. The quantitative estimate of drug-likeness (QED) is 0.871. The highest BCUT2D eigenvalue weighted by Crippen LogP contribution is 2.34. The van der Waals surface area contributed by atoms with Gasteiger partial charge in [0.25, 0.3) is 5.91 Å². The highest BCUT2D eigenvalue weighted by molar-refractivity contribution is 5.77. The third-order valence-corrected chi connectivity index (χ3v) is 2.95. The van der Waals surface area contributed by atoms with Gasteiger partial charge in [0, 0.05) is 7.05 Å². The van der Waals surface area contributed by atoms with Crippen molar-refractivity contribution in [1.82, 2.24) is 5.32 Å². The minimum atomic E-state index is -0.108. The third kappa shape index (κ3) is 3.49. The monoisotopic (exact) mass is 249 g/mol. The first-order valence-electron chi connectivity index (χ1n) is 6.43. The van der Waals surface area contributed by atoms with Crippen LogP contribution in [0.5, 0.6) is 5.75 Å². The number of nitrogens with one attached hydrogen (secondary N) is 1. The maximum Gasteiger partial charge on any atom is 0.257 e. The van der Waals surface area contributed by atoms with Crippen LogP contribution in [0.15, 0.2) is 18.2 Å². The zero-order valence-corrected chi connectivity index (χ0v) is 11.9. The molecule has 0 fully saturated rings. The molecule has 0 aliphatic rings. The largest absolute Gasteiger partial charge is 0.483 e. The fourth-order valence-corrected chi connectivity index (χ4v) is 1.86. The lowest BCUT2D eigenvalue weighted by Crippen LogP contribution is -2.25. The lowest BCUT2D eigenvalue weighted by atomic mass is 9.94. The van der Waals surface area contributed by atoms with E-state index in [0.717, 1.165) is 16.9 Å². The summed E-state index contributed by atoms with van der Waals surface area (Å²) in [5.41, 5.74) is 2.32. The van der Waals surface area contributed by atoms with Gasteiger partial charge >= 0.3 is 0 Å². The fourth-order valence-electron chi connectivity index (χ4n) is 1.86. The van der Waals surface area contributed by atoms with E-state index in [1.54, 1.807) is 7.05 Å². The van der Waals surface area contributed by atoms with Gasteiger partial charge in [0.05, 0.1) is 0 Å². The number of ether oxygens (including phenoxy) is 1. The molecule has 0 radical (unpaired) electrons. The Morgan fingerprint density at radius 2 is 1.67 bits per heavy atom. The van der Waals surface area contributed by atoms with Crippen molar-refractivity contribution >= 4 is 5.91 Å². The Morgan fingerprint density at radius 1 is 1.17 bits per heavy atom. The van der Waals surface area contributed by atoms with Gasteiger partial charge in [-0.3, -0.25) is 4.79 Å². The second kappa shape index (κ2) is 6.43. The molecule has 1 aromatic carbocycles. The number of likely N-dealkylation sites (N-methyl/N-ethyl adjacent to an activating group) is 1. The summed E-state index contributed by atoms with van der Waals surface area (Å²) >= 11 is 0. The first-order chi connectivity index (χ1) is 8.47. The molecule has 0 unspecified atom stereocenters. The van der Waals surface area contributed by atoms with E-state index in [1.165, 1.54) is 0 Å².